The van der Waals surface area contributed by atoms with Crippen molar-refractivity contribution < 1.29 is 9.47 Å². The topological polar surface area (TPSA) is 18.5 Å². The summed E-state index contributed by atoms with van der Waals surface area (Å²) in [4.78, 5) is 0. The maximum atomic E-state index is 5.50. The molecule has 2 nitrogen and oxygen atoms in total. The van der Waals surface area contributed by atoms with Crippen LogP contribution in [0.1, 0.15) is 52.4 Å². The van der Waals surface area contributed by atoms with Gasteiger partial charge in [0.05, 0.1) is 0 Å². The third kappa shape index (κ3) is 4.77. The highest BCUT2D eigenvalue weighted by Gasteiger charge is 2.45. The Morgan fingerprint density at radius 3 is 2.47 bits per heavy atom. The van der Waals surface area contributed by atoms with Crippen molar-refractivity contribution in [2.45, 2.75) is 52.4 Å². The van der Waals surface area contributed by atoms with Crippen molar-refractivity contribution in [1.82, 2.24) is 0 Å². The maximum absolute atomic E-state index is 5.50. The molecule has 110 valence electrons. The molecule has 0 unspecified atom stereocenters. The molecule has 0 aliphatic heterocycles. The molecule has 0 bridgehead atoms. The van der Waals surface area contributed by atoms with E-state index >= 15 is 0 Å². The molecule has 0 aromatic heterocycles. The van der Waals surface area contributed by atoms with E-state index in [2.05, 4.69) is 27.0 Å². The Bertz CT molecular complexity index is 308. The first kappa shape index (κ1) is 16.5. The van der Waals surface area contributed by atoms with E-state index in [1.807, 2.05) is 0 Å². The summed E-state index contributed by atoms with van der Waals surface area (Å²) in [5, 5.41) is 0. The Kier molecular flexibility index (Phi) is 6.81. The lowest BCUT2D eigenvalue weighted by atomic mass is 9.54. The molecule has 0 amide bonds. The number of rotatable bonds is 10. The Labute approximate surface area is 118 Å². The van der Waals surface area contributed by atoms with E-state index in [0.717, 1.165) is 19.4 Å². The lowest BCUT2D eigenvalue weighted by Crippen LogP contribution is -2.41. The van der Waals surface area contributed by atoms with Gasteiger partial charge >= 0.3 is 0 Å². The minimum atomic E-state index is 0.402. The summed E-state index contributed by atoms with van der Waals surface area (Å²) in [6.45, 7) is 13.7. The van der Waals surface area contributed by atoms with Crippen LogP contribution >= 0.6 is 0 Å². The van der Waals surface area contributed by atoms with Crippen molar-refractivity contribution in [2.75, 3.05) is 20.5 Å². The lowest BCUT2D eigenvalue weighted by Gasteiger charge is -2.51. The third-order valence-corrected chi connectivity index (χ3v) is 4.49. The average molecular weight is 266 g/mol. The number of allylic oxidation sites excluding steroid dienone is 2. The monoisotopic (exact) mass is 266 g/mol. The summed E-state index contributed by atoms with van der Waals surface area (Å²) in [6, 6.07) is 0. The Balaban J connectivity index is 2.48. The van der Waals surface area contributed by atoms with Crippen molar-refractivity contribution >= 4 is 0 Å². The highest BCUT2D eigenvalue weighted by atomic mass is 16.7. The number of hydrogen-bond acceptors (Lipinski definition) is 2. The molecule has 0 radical (unpaired) electrons. The molecule has 0 aromatic rings. The van der Waals surface area contributed by atoms with Crippen molar-refractivity contribution in [1.29, 1.82) is 0 Å². The lowest BCUT2D eigenvalue weighted by molar-refractivity contribution is -0.0605. The minimum Gasteiger partial charge on any atom is -0.359 e. The van der Waals surface area contributed by atoms with Gasteiger partial charge in [0.2, 0.25) is 0 Å². The zero-order valence-electron chi connectivity index (χ0n) is 13.0. The van der Waals surface area contributed by atoms with E-state index in [9.17, 15) is 0 Å². The summed E-state index contributed by atoms with van der Waals surface area (Å²) in [6.07, 6.45) is 7.40. The molecular weight excluding hydrogens is 236 g/mol. The fourth-order valence-corrected chi connectivity index (χ4v) is 3.35. The molecule has 19 heavy (non-hydrogen) atoms. The van der Waals surface area contributed by atoms with Gasteiger partial charge in [0.25, 0.3) is 0 Å². The molecule has 0 saturated heterocycles. The SMILES string of the molecule is C=C(C)CCC[C@]1(CCOCOC)CC[C@H]1C(=C)C. The zero-order valence-corrected chi connectivity index (χ0v) is 13.0. The van der Waals surface area contributed by atoms with Gasteiger partial charge in [-0.1, -0.05) is 17.7 Å². The van der Waals surface area contributed by atoms with Crippen LogP contribution < -0.4 is 0 Å². The second-order valence-electron chi connectivity index (χ2n) is 6.18. The van der Waals surface area contributed by atoms with Crippen LogP contribution in [-0.4, -0.2) is 20.5 Å². The minimum absolute atomic E-state index is 0.402. The molecule has 0 spiro atoms. The van der Waals surface area contributed by atoms with Gasteiger partial charge in [-0.25, -0.2) is 0 Å². The molecular formula is C17H30O2. The van der Waals surface area contributed by atoms with Crippen LogP contribution in [0.15, 0.2) is 24.3 Å². The van der Waals surface area contributed by atoms with Crippen LogP contribution in [-0.2, 0) is 9.47 Å². The molecule has 1 rings (SSSR count). The van der Waals surface area contributed by atoms with E-state index in [0.29, 0.717) is 18.1 Å². The summed E-state index contributed by atoms with van der Waals surface area (Å²) < 4.78 is 10.4. The predicted octanol–water partition coefficient (Wildman–Crippen LogP) is 4.72. The molecule has 1 fully saturated rings. The van der Waals surface area contributed by atoms with Crippen molar-refractivity contribution in [3.8, 4) is 0 Å². The molecule has 2 heteroatoms. The van der Waals surface area contributed by atoms with E-state index in [-0.39, 0.29) is 0 Å². The maximum Gasteiger partial charge on any atom is 0.146 e. The largest absolute Gasteiger partial charge is 0.359 e. The van der Waals surface area contributed by atoms with Crippen LogP contribution in [0.3, 0.4) is 0 Å². The van der Waals surface area contributed by atoms with Crippen molar-refractivity contribution in [3.63, 3.8) is 0 Å². The van der Waals surface area contributed by atoms with E-state index < -0.39 is 0 Å². The van der Waals surface area contributed by atoms with Gasteiger partial charge in [-0.3, -0.25) is 0 Å². The smallest absolute Gasteiger partial charge is 0.146 e. The van der Waals surface area contributed by atoms with Crippen LogP contribution in [0.4, 0.5) is 0 Å². The van der Waals surface area contributed by atoms with Gasteiger partial charge in [-0.15, -0.1) is 6.58 Å². The molecule has 1 aliphatic carbocycles. The first-order valence-electron chi connectivity index (χ1n) is 7.38. The fraction of sp³-hybridized carbons (Fsp3) is 0.765. The Morgan fingerprint density at radius 1 is 1.26 bits per heavy atom. The van der Waals surface area contributed by atoms with Gasteiger partial charge < -0.3 is 9.47 Å². The molecule has 2 atom stereocenters. The molecule has 0 N–H and O–H groups in total. The second kappa shape index (κ2) is 7.86. The average Bonchev–Trinajstić information content (AvgIpc) is 2.29. The third-order valence-electron chi connectivity index (χ3n) is 4.49. The van der Waals surface area contributed by atoms with Gasteiger partial charge in [-0.05, 0) is 63.7 Å². The number of hydrogen-bond donors (Lipinski definition) is 0. The number of methoxy groups -OCH3 is 1. The van der Waals surface area contributed by atoms with Crippen LogP contribution in [0.25, 0.3) is 0 Å². The van der Waals surface area contributed by atoms with Gasteiger partial charge in [0.1, 0.15) is 6.79 Å². The molecule has 1 aliphatic rings. The summed E-state index contributed by atoms with van der Waals surface area (Å²) in [5.41, 5.74) is 3.06. The summed E-state index contributed by atoms with van der Waals surface area (Å²) in [5.74, 6) is 0.684. The molecule has 0 aromatic carbocycles. The van der Waals surface area contributed by atoms with Crippen molar-refractivity contribution in [2.24, 2.45) is 11.3 Å². The van der Waals surface area contributed by atoms with Crippen LogP contribution in [0, 0.1) is 11.3 Å². The fourth-order valence-electron chi connectivity index (χ4n) is 3.35. The first-order valence-corrected chi connectivity index (χ1v) is 7.38. The highest BCUT2D eigenvalue weighted by Crippen LogP contribution is 2.55. The standard InChI is InChI=1S/C17H30O2/c1-14(2)7-6-9-17(11-12-19-13-18-5)10-8-16(17)15(3)4/h16H,1,3,6-13H2,2,4-5H3/t16-,17+/m0/s1. The Morgan fingerprint density at radius 2 is 2.00 bits per heavy atom. The number of ether oxygens (including phenoxy) is 2. The quantitative estimate of drug-likeness (QED) is 0.324. The van der Waals surface area contributed by atoms with Crippen LogP contribution in [0.2, 0.25) is 0 Å². The first-order chi connectivity index (χ1) is 9.02. The summed E-state index contributed by atoms with van der Waals surface area (Å²) in [7, 11) is 1.67. The summed E-state index contributed by atoms with van der Waals surface area (Å²) >= 11 is 0. The van der Waals surface area contributed by atoms with Gasteiger partial charge in [0.15, 0.2) is 0 Å². The molecule has 1 saturated carbocycles. The Hall–Kier alpha value is -0.600. The van der Waals surface area contributed by atoms with Gasteiger partial charge in [0, 0.05) is 13.7 Å². The van der Waals surface area contributed by atoms with E-state index in [4.69, 9.17) is 9.47 Å². The van der Waals surface area contributed by atoms with Gasteiger partial charge in [-0.2, -0.15) is 0 Å². The van der Waals surface area contributed by atoms with E-state index in [1.165, 1.54) is 36.8 Å². The second-order valence-corrected chi connectivity index (χ2v) is 6.18. The zero-order chi connectivity index (χ0) is 14.3. The molecule has 0 heterocycles. The van der Waals surface area contributed by atoms with E-state index in [1.54, 1.807) is 7.11 Å². The van der Waals surface area contributed by atoms with Crippen molar-refractivity contribution in [3.05, 3.63) is 24.3 Å². The van der Waals surface area contributed by atoms with Crippen LogP contribution in [0.5, 0.6) is 0 Å². The predicted molar refractivity (Wildman–Crippen MR) is 81.1 cm³/mol. The normalized spacial score (nSPS) is 25.9. The highest BCUT2D eigenvalue weighted by molar-refractivity contribution is 5.11.